The molecule has 0 saturated carbocycles. The van der Waals surface area contributed by atoms with Crippen LogP contribution in [0.1, 0.15) is 11.1 Å². The summed E-state index contributed by atoms with van der Waals surface area (Å²) in [5.74, 6) is 1.38. The maximum Gasteiger partial charge on any atom is 0.231 e. The molecular weight excluding hydrogens is 350 g/mol. The predicted octanol–water partition coefficient (Wildman–Crippen LogP) is 4.73. The number of nitrogens with zero attached hydrogens (tertiary/aromatic N) is 3. The molecule has 0 aliphatic carbocycles. The molecule has 0 aliphatic rings. The third-order valence-corrected chi connectivity index (χ3v) is 4.82. The lowest BCUT2D eigenvalue weighted by atomic mass is 10.1. The Morgan fingerprint density at radius 3 is 2.93 bits per heavy atom. The van der Waals surface area contributed by atoms with Gasteiger partial charge in [-0.2, -0.15) is 4.98 Å². The van der Waals surface area contributed by atoms with E-state index in [0.29, 0.717) is 11.5 Å². The van der Waals surface area contributed by atoms with E-state index in [2.05, 4.69) is 44.7 Å². The Morgan fingerprint density at radius 2 is 2.00 bits per heavy atom. The molecule has 138 valence electrons. The van der Waals surface area contributed by atoms with E-state index in [1.165, 1.54) is 10.9 Å². The van der Waals surface area contributed by atoms with Crippen LogP contribution in [-0.2, 0) is 6.42 Å². The summed E-state index contributed by atoms with van der Waals surface area (Å²) in [6, 6.07) is 12.2. The van der Waals surface area contributed by atoms with Crippen LogP contribution in [0.3, 0.4) is 0 Å². The second kappa shape index (κ2) is 6.81. The normalized spacial score (nSPS) is 11.3. The highest BCUT2D eigenvalue weighted by atomic mass is 16.3. The minimum absolute atomic E-state index is 0.570. The van der Waals surface area contributed by atoms with Crippen LogP contribution in [0.4, 0.5) is 5.82 Å². The molecule has 6 heteroatoms. The van der Waals surface area contributed by atoms with Crippen molar-refractivity contribution in [3.63, 3.8) is 0 Å². The zero-order valence-electron chi connectivity index (χ0n) is 15.4. The number of anilines is 1. The van der Waals surface area contributed by atoms with Gasteiger partial charge in [-0.1, -0.05) is 18.2 Å². The quantitative estimate of drug-likeness (QED) is 0.468. The van der Waals surface area contributed by atoms with Gasteiger partial charge in [-0.15, -0.1) is 0 Å². The Balaban J connectivity index is 1.43. The van der Waals surface area contributed by atoms with Crippen LogP contribution in [0.2, 0.25) is 0 Å². The van der Waals surface area contributed by atoms with Gasteiger partial charge in [-0.3, -0.25) is 4.98 Å². The van der Waals surface area contributed by atoms with E-state index in [1.807, 2.05) is 31.3 Å². The molecule has 5 rings (SSSR count). The van der Waals surface area contributed by atoms with E-state index in [1.54, 1.807) is 12.5 Å². The molecule has 0 atom stereocenters. The highest BCUT2D eigenvalue weighted by Crippen LogP contribution is 2.26. The number of benzene rings is 1. The highest BCUT2D eigenvalue weighted by Gasteiger charge is 2.12. The molecule has 6 nitrogen and oxygen atoms in total. The SMILES string of the molecule is Cc1cncc(-c2nc(NCCc3c[nH]c4ccccc34)c3ccoc3n2)c1. The largest absolute Gasteiger partial charge is 0.446 e. The van der Waals surface area contributed by atoms with Gasteiger partial charge in [0.1, 0.15) is 5.82 Å². The zero-order chi connectivity index (χ0) is 18.9. The number of hydrogen-bond donors (Lipinski definition) is 2. The van der Waals surface area contributed by atoms with E-state index in [4.69, 9.17) is 9.40 Å². The number of para-hydroxylation sites is 1. The number of rotatable bonds is 5. The van der Waals surface area contributed by atoms with E-state index in [-0.39, 0.29) is 0 Å². The van der Waals surface area contributed by atoms with Crippen LogP contribution in [0, 0.1) is 6.92 Å². The highest BCUT2D eigenvalue weighted by molar-refractivity contribution is 5.87. The lowest BCUT2D eigenvalue weighted by molar-refractivity contribution is 0.603. The summed E-state index contributed by atoms with van der Waals surface area (Å²) in [5, 5.41) is 5.59. The van der Waals surface area contributed by atoms with Crippen molar-refractivity contribution in [3.8, 4) is 11.4 Å². The summed E-state index contributed by atoms with van der Waals surface area (Å²) in [5.41, 5.74) is 4.95. The molecule has 0 spiro atoms. The molecule has 0 aliphatic heterocycles. The molecule has 0 amide bonds. The maximum atomic E-state index is 5.54. The number of aryl methyl sites for hydroxylation is 1. The van der Waals surface area contributed by atoms with E-state index in [0.717, 1.165) is 40.8 Å². The first kappa shape index (κ1) is 16.5. The van der Waals surface area contributed by atoms with Crippen molar-refractivity contribution in [2.24, 2.45) is 0 Å². The van der Waals surface area contributed by atoms with E-state index in [9.17, 15) is 0 Å². The third kappa shape index (κ3) is 2.99. The molecule has 4 heterocycles. The van der Waals surface area contributed by atoms with Crippen LogP contribution < -0.4 is 5.32 Å². The standard InChI is InChI=1S/C22H19N5O/c1-14-10-16(12-23-11-14)20-26-21(18-7-9-28-22(18)27-20)24-8-6-15-13-25-19-5-3-2-4-17(15)19/h2-5,7,9-13,25H,6,8H2,1H3,(H,24,26,27). The van der Waals surface area contributed by atoms with Crippen molar-refractivity contribution in [1.82, 2.24) is 19.9 Å². The summed E-state index contributed by atoms with van der Waals surface area (Å²) >= 11 is 0. The zero-order valence-corrected chi connectivity index (χ0v) is 15.4. The minimum Gasteiger partial charge on any atom is -0.446 e. The third-order valence-electron chi connectivity index (χ3n) is 4.82. The number of aromatic amines is 1. The lowest BCUT2D eigenvalue weighted by Gasteiger charge is -2.08. The topological polar surface area (TPSA) is 79.6 Å². The number of H-pyrrole nitrogens is 1. The molecule has 0 bridgehead atoms. The van der Waals surface area contributed by atoms with Gasteiger partial charge in [-0.05, 0) is 42.7 Å². The molecule has 28 heavy (non-hydrogen) atoms. The molecule has 0 unspecified atom stereocenters. The molecule has 2 N–H and O–H groups in total. The molecule has 0 saturated heterocycles. The van der Waals surface area contributed by atoms with Crippen LogP contribution in [-0.4, -0.2) is 26.5 Å². The minimum atomic E-state index is 0.570. The van der Waals surface area contributed by atoms with Crippen molar-refractivity contribution in [3.05, 3.63) is 72.4 Å². The lowest BCUT2D eigenvalue weighted by Crippen LogP contribution is -2.07. The number of hydrogen-bond acceptors (Lipinski definition) is 5. The molecule has 5 aromatic rings. The predicted molar refractivity (Wildman–Crippen MR) is 110 cm³/mol. The van der Waals surface area contributed by atoms with Gasteiger partial charge in [0, 0.05) is 41.6 Å². The van der Waals surface area contributed by atoms with Gasteiger partial charge in [0.2, 0.25) is 5.71 Å². The van der Waals surface area contributed by atoms with Gasteiger partial charge in [0.05, 0.1) is 11.6 Å². The van der Waals surface area contributed by atoms with Crippen LogP contribution in [0.25, 0.3) is 33.4 Å². The Morgan fingerprint density at radius 1 is 1.07 bits per heavy atom. The first-order valence-electron chi connectivity index (χ1n) is 9.24. The number of furan rings is 1. The van der Waals surface area contributed by atoms with Crippen LogP contribution in [0.15, 0.2) is 65.7 Å². The fraction of sp³-hybridized carbons (Fsp3) is 0.136. The number of nitrogens with one attached hydrogen (secondary N) is 2. The summed E-state index contributed by atoms with van der Waals surface area (Å²) in [4.78, 5) is 16.9. The van der Waals surface area contributed by atoms with Gasteiger partial charge in [0.15, 0.2) is 5.82 Å². The van der Waals surface area contributed by atoms with E-state index >= 15 is 0 Å². The summed E-state index contributed by atoms with van der Waals surface area (Å²) in [7, 11) is 0. The van der Waals surface area contributed by atoms with Crippen molar-refractivity contribution in [1.29, 1.82) is 0 Å². The Kier molecular flexibility index (Phi) is 4.01. The Bertz CT molecular complexity index is 1270. The Hall–Kier alpha value is -3.67. The fourth-order valence-electron chi connectivity index (χ4n) is 3.45. The average Bonchev–Trinajstić information content (AvgIpc) is 3.35. The fourth-order valence-corrected chi connectivity index (χ4v) is 3.45. The first-order valence-corrected chi connectivity index (χ1v) is 9.24. The first-order chi connectivity index (χ1) is 13.8. The van der Waals surface area contributed by atoms with Gasteiger partial charge < -0.3 is 14.7 Å². The van der Waals surface area contributed by atoms with Crippen molar-refractivity contribution in [2.45, 2.75) is 13.3 Å². The van der Waals surface area contributed by atoms with Crippen molar-refractivity contribution >= 4 is 27.8 Å². The van der Waals surface area contributed by atoms with Crippen molar-refractivity contribution in [2.75, 3.05) is 11.9 Å². The van der Waals surface area contributed by atoms with Gasteiger partial charge in [-0.25, -0.2) is 4.98 Å². The van der Waals surface area contributed by atoms with E-state index < -0.39 is 0 Å². The maximum absolute atomic E-state index is 5.54. The van der Waals surface area contributed by atoms with Crippen LogP contribution in [0.5, 0.6) is 0 Å². The molecule has 0 radical (unpaired) electrons. The second-order valence-corrected chi connectivity index (χ2v) is 6.82. The average molecular weight is 369 g/mol. The second-order valence-electron chi connectivity index (χ2n) is 6.82. The molecule has 1 aromatic carbocycles. The Labute approximate surface area is 161 Å². The van der Waals surface area contributed by atoms with Gasteiger partial charge >= 0.3 is 0 Å². The van der Waals surface area contributed by atoms with Crippen LogP contribution >= 0.6 is 0 Å². The molecular formula is C22H19N5O. The monoisotopic (exact) mass is 369 g/mol. The summed E-state index contributed by atoms with van der Waals surface area (Å²) in [6.07, 6.45) is 8.18. The molecule has 0 fully saturated rings. The molecule has 4 aromatic heterocycles. The number of fused-ring (bicyclic) bond motifs is 2. The number of pyridine rings is 1. The summed E-state index contributed by atoms with van der Waals surface area (Å²) < 4.78 is 5.54. The van der Waals surface area contributed by atoms with Crippen molar-refractivity contribution < 1.29 is 4.42 Å². The smallest absolute Gasteiger partial charge is 0.231 e. The summed E-state index contributed by atoms with van der Waals surface area (Å²) in [6.45, 7) is 2.76. The number of aromatic nitrogens is 4. The van der Waals surface area contributed by atoms with Gasteiger partial charge in [0.25, 0.3) is 0 Å².